The minimum Gasteiger partial charge on any atom is -1.00 e. The Morgan fingerprint density at radius 3 is 2.61 bits per heavy atom. The summed E-state index contributed by atoms with van der Waals surface area (Å²) in [6, 6.07) is 9.48. The Hall–Kier alpha value is -1.33. The molecule has 0 radical (unpaired) electrons. The van der Waals surface area contributed by atoms with Crippen LogP contribution in [0.3, 0.4) is 0 Å². The summed E-state index contributed by atoms with van der Waals surface area (Å²) in [5.74, 6) is 0.519. The van der Waals surface area contributed by atoms with Crippen molar-refractivity contribution in [2.45, 2.75) is 36.6 Å². The summed E-state index contributed by atoms with van der Waals surface area (Å²) < 4.78 is 37.0. The molecule has 1 aliphatic carbocycles. The zero-order chi connectivity index (χ0) is 21.8. The molecule has 1 atom stereocenters. The van der Waals surface area contributed by atoms with Crippen molar-refractivity contribution in [2.24, 2.45) is 11.3 Å². The van der Waals surface area contributed by atoms with Gasteiger partial charge in [0.1, 0.15) is 12.4 Å². The van der Waals surface area contributed by atoms with Crippen molar-refractivity contribution in [1.82, 2.24) is 15.0 Å². The van der Waals surface area contributed by atoms with E-state index in [-0.39, 0.29) is 42.2 Å². The number of rotatable bonds is 7. The van der Waals surface area contributed by atoms with Gasteiger partial charge in [0.2, 0.25) is 0 Å². The molecule has 33 heavy (non-hydrogen) atoms. The third-order valence-corrected chi connectivity index (χ3v) is 7.62. The van der Waals surface area contributed by atoms with Gasteiger partial charge >= 0.3 is 29.6 Å². The van der Waals surface area contributed by atoms with Crippen LogP contribution in [-0.2, 0) is 30.8 Å². The molecule has 1 saturated carbocycles. The summed E-state index contributed by atoms with van der Waals surface area (Å²) in [5, 5.41) is 0.451. The van der Waals surface area contributed by atoms with Crippen LogP contribution in [0.25, 0.3) is 11.0 Å². The largest absolute Gasteiger partial charge is 1.00 e. The maximum Gasteiger partial charge on any atom is 1.00 e. The second-order valence-electron chi connectivity index (χ2n) is 8.96. The first-order chi connectivity index (χ1) is 15.6. The van der Waals surface area contributed by atoms with E-state index in [4.69, 9.17) is 18.9 Å². The quantitative estimate of drug-likeness (QED) is 0.484. The number of aromatic amines is 1. The molecule has 2 aromatic heterocycles. The summed E-state index contributed by atoms with van der Waals surface area (Å²) in [6.45, 7) is 4.06. The van der Waals surface area contributed by atoms with Gasteiger partial charge in [-0.1, -0.05) is 12.1 Å². The average molecular weight is 480 g/mol. The van der Waals surface area contributed by atoms with Crippen LogP contribution in [0, 0.1) is 18.3 Å². The molecule has 4 aliphatic rings. The number of nitrogens with zero attached hydrogens (tertiary/aromatic N) is 2. The number of imidazole rings is 1. The monoisotopic (exact) mass is 479 g/mol. The van der Waals surface area contributed by atoms with Gasteiger partial charge in [0.25, 0.3) is 5.97 Å². The predicted molar refractivity (Wildman–Crippen MR) is 118 cm³/mol. The molecule has 1 aromatic carbocycles. The number of aromatic nitrogens is 3. The number of para-hydroxylation sites is 2. The van der Waals surface area contributed by atoms with Crippen LogP contribution in [0.4, 0.5) is 0 Å². The molecule has 3 saturated heterocycles. The minimum absolute atomic E-state index is 0. The summed E-state index contributed by atoms with van der Waals surface area (Å²) in [7, 11) is -1.35. The Bertz CT molecular complexity index is 1150. The number of pyridine rings is 1. The Kier molecular flexibility index (Phi) is 6.41. The molecule has 5 heterocycles. The van der Waals surface area contributed by atoms with Gasteiger partial charge in [0.15, 0.2) is 5.16 Å². The Balaban J connectivity index is 0.00000137. The Morgan fingerprint density at radius 1 is 1.18 bits per heavy atom. The van der Waals surface area contributed by atoms with Gasteiger partial charge in [-0.05, 0) is 38.0 Å². The number of benzene rings is 1. The average Bonchev–Trinajstić information content (AvgIpc) is 3.60. The molecule has 3 aliphatic heterocycles. The fraction of sp³-hybridized carbons (Fsp3) is 0.478. The van der Waals surface area contributed by atoms with Crippen molar-refractivity contribution in [1.29, 1.82) is 0 Å². The number of nitrogens with one attached hydrogen (secondary N) is 1. The molecule has 1 unspecified atom stereocenters. The van der Waals surface area contributed by atoms with Crippen LogP contribution in [0.15, 0.2) is 41.7 Å². The zero-order valence-electron chi connectivity index (χ0n) is 19.8. The standard InChI is InChI=1S/C23H25N3O5S.Na.H/c1-15-19(10-32(27)21-25-17-4-2-3-5-18(17)26-21)24-9-8-20(15)28-11-22-12-29-23(30-13-22,31-14-22)16-6-7-16;;/h2-5,8-9,16H,6-7,10-14H2,1H3,(H,25,26);;/q;+1;-1. The van der Waals surface area contributed by atoms with Crippen LogP contribution in [0.1, 0.15) is 25.5 Å². The summed E-state index contributed by atoms with van der Waals surface area (Å²) in [4.78, 5) is 12.0. The van der Waals surface area contributed by atoms with Crippen LogP contribution < -0.4 is 34.3 Å². The topological polar surface area (TPSA) is 95.6 Å². The van der Waals surface area contributed by atoms with Gasteiger partial charge in [-0.2, -0.15) is 0 Å². The molecule has 1 N–H and O–H groups in total. The molecule has 7 rings (SSSR count). The van der Waals surface area contributed by atoms with Gasteiger partial charge in [-0.25, -0.2) is 4.98 Å². The van der Waals surface area contributed by atoms with Gasteiger partial charge < -0.3 is 25.4 Å². The van der Waals surface area contributed by atoms with Crippen LogP contribution in [0.2, 0.25) is 0 Å². The van der Waals surface area contributed by atoms with E-state index in [9.17, 15) is 4.21 Å². The first-order valence-electron chi connectivity index (χ1n) is 10.9. The summed E-state index contributed by atoms with van der Waals surface area (Å²) in [5.41, 5.74) is 2.95. The first-order valence-corrected chi connectivity index (χ1v) is 12.2. The van der Waals surface area contributed by atoms with Crippen molar-refractivity contribution in [2.75, 3.05) is 26.4 Å². The molecule has 0 amide bonds. The van der Waals surface area contributed by atoms with Gasteiger partial charge in [-0.15, -0.1) is 0 Å². The number of hydrogen-bond acceptors (Lipinski definition) is 7. The van der Waals surface area contributed by atoms with Crippen LogP contribution in [0.5, 0.6) is 5.75 Å². The molecule has 2 bridgehead atoms. The van der Waals surface area contributed by atoms with Crippen molar-refractivity contribution in [3.8, 4) is 5.75 Å². The number of hydrogen-bond donors (Lipinski definition) is 1. The van der Waals surface area contributed by atoms with Crippen molar-refractivity contribution in [3.63, 3.8) is 0 Å². The molecular weight excluding hydrogens is 453 g/mol. The van der Waals surface area contributed by atoms with Crippen LogP contribution >= 0.6 is 0 Å². The zero-order valence-corrected chi connectivity index (χ0v) is 21.7. The smallest absolute Gasteiger partial charge is 1.00 e. The number of fused-ring (bicyclic) bond motifs is 4. The van der Waals surface area contributed by atoms with E-state index in [0.29, 0.717) is 37.5 Å². The van der Waals surface area contributed by atoms with Crippen molar-refractivity contribution < 1.29 is 54.1 Å². The summed E-state index contributed by atoms with van der Waals surface area (Å²) in [6.07, 6.45) is 3.88. The van der Waals surface area contributed by atoms with E-state index in [2.05, 4.69) is 15.0 Å². The Labute approximate surface area is 218 Å². The second kappa shape index (κ2) is 9.03. The third-order valence-electron chi connectivity index (χ3n) is 6.46. The fourth-order valence-corrected chi connectivity index (χ4v) is 5.35. The maximum absolute atomic E-state index is 12.9. The first kappa shape index (κ1) is 23.4. The Morgan fingerprint density at radius 2 is 1.91 bits per heavy atom. The molecule has 4 fully saturated rings. The molecule has 170 valence electrons. The SMILES string of the molecule is Cc1c(OCC23COC(C4CC4)(OC2)OC3)ccnc1CS(=O)c1nc2ccccc2[nH]1.[H-].[Na+]. The van der Waals surface area contributed by atoms with E-state index in [0.717, 1.165) is 40.9 Å². The maximum atomic E-state index is 12.9. The fourth-order valence-electron chi connectivity index (χ4n) is 4.25. The second-order valence-corrected chi connectivity index (χ2v) is 10.3. The normalized spacial score (nSPS) is 27.3. The molecule has 8 nitrogen and oxygen atoms in total. The number of ether oxygens (including phenoxy) is 4. The number of H-pyrrole nitrogens is 1. The van der Waals surface area contributed by atoms with Gasteiger partial charge in [0.05, 0.1) is 58.5 Å². The minimum atomic E-state index is -1.35. The van der Waals surface area contributed by atoms with E-state index in [1.807, 2.05) is 37.3 Å². The molecule has 3 aromatic rings. The predicted octanol–water partition coefficient (Wildman–Crippen LogP) is 0.197. The van der Waals surface area contributed by atoms with E-state index in [1.54, 1.807) is 6.20 Å². The third kappa shape index (κ3) is 4.40. The van der Waals surface area contributed by atoms with Crippen molar-refractivity contribution in [3.05, 3.63) is 47.8 Å². The molecular formula is C23H26N3NaO5S. The van der Waals surface area contributed by atoms with E-state index in [1.165, 1.54) is 0 Å². The van der Waals surface area contributed by atoms with E-state index >= 15 is 0 Å². The molecule has 10 heteroatoms. The van der Waals surface area contributed by atoms with Gasteiger partial charge in [-0.3, -0.25) is 9.19 Å². The molecule has 0 spiro atoms. The van der Waals surface area contributed by atoms with Crippen molar-refractivity contribution >= 4 is 21.8 Å². The van der Waals surface area contributed by atoms with E-state index < -0.39 is 16.8 Å². The summed E-state index contributed by atoms with van der Waals surface area (Å²) >= 11 is 0. The van der Waals surface area contributed by atoms with Gasteiger partial charge in [0, 0.05) is 17.7 Å². The van der Waals surface area contributed by atoms with Crippen LogP contribution in [-0.4, -0.2) is 51.6 Å².